The number of ether oxygens (including phenoxy) is 1. The Balaban J connectivity index is 1.75. The molecule has 0 spiro atoms. The molecule has 0 aromatic carbocycles. The second kappa shape index (κ2) is 6.38. The van der Waals surface area contributed by atoms with E-state index in [2.05, 4.69) is 26.1 Å². The third kappa shape index (κ3) is 2.91. The Morgan fingerprint density at radius 3 is 2.56 bits per heavy atom. The van der Waals surface area contributed by atoms with Crippen LogP contribution in [0.2, 0.25) is 0 Å². The van der Waals surface area contributed by atoms with Crippen LogP contribution in [0.1, 0.15) is 65.7 Å². The zero-order chi connectivity index (χ0) is 13.0. The number of rotatable bonds is 7. The molecule has 0 aliphatic heterocycles. The molecule has 106 valence electrons. The van der Waals surface area contributed by atoms with Crippen molar-refractivity contribution in [3.8, 4) is 0 Å². The van der Waals surface area contributed by atoms with Crippen molar-refractivity contribution in [2.45, 2.75) is 77.9 Å². The predicted molar refractivity (Wildman–Crippen MR) is 76.8 cm³/mol. The van der Waals surface area contributed by atoms with Gasteiger partial charge in [0.15, 0.2) is 0 Å². The van der Waals surface area contributed by atoms with Crippen molar-refractivity contribution < 1.29 is 4.74 Å². The first-order chi connectivity index (χ1) is 8.70. The lowest BCUT2D eigenvalue weighted by Crippen LogP contribution is -2.62. The Hall–Kier alpha value is -0.0800. The Labute approximate surface area is 113 Å². The van der Waals surface area contributed by atoms with Crippen molar-refractivity contribution in [1.29, 1.82) is 0 Å². The van der Waals surface area contributed by atoms with Gasteiger partial charge in [0.2, 0.25) is 0 Å². The van der Waals surface area contributed by atoms with E-state index in [1.54, 1.807) is 0 Å². The average Bonchev–Trinajstić information content (AvgIpc) is 2.89. The molecule has 0 heterocycles. The summed E-state index contributed by atoms with van der Waals surface area (Å²) in [6.45, 7) is 9.12. The van der Waals surface area contributed by atoms with Gasteiger partial charge in [-0.3, -0.25) is 0 Å². The highest BCUT2D eigenvalue weighted by Gasteiger charge is 2.50. The minimum Gasteiger partial charge on any atom is -0.377 e. The monoisotopic (exact) mass is 253 g/mol. The summed E-state index contributed by atoms with van der Waals surface area (Å²) in [7, 11) is 0. The second-order valence-corrected chi connectivity index (χ2v) is 6.57. The molecule has 2 rings (SSSR count). The predicted octanol–water partition coefficient (Wildman–Crippen LogP) is 3.75. The summed E-state index contributed by atoms with van der Waals surface area (Å²) in [5.74, 6) is 0.855. The first kappa shape index (κ1) is 14.3. The second-order valence-electron chi connectivity index (χ2n) is 6.57. The van der Waals surface area contributed by atoms with E-state index >= 15 is 0 Å². The van der Waals surface area contributed by atoms with Gasteiger partial charge in [-0.05, 0) is 44.6 Å². The van der Waals surface area contributed by atoms with Gasteiger partial charge in [-0.15, -0.1) is 0 Å². The fraction of sp³-hybridized carbons (Fsp3) is 1.00. The van der Waals surface area contributed by atoms with Crippen LogP contribution < -0.4 is 5.32 Å². The number of nitrogens with one attached hydrogen (secondary N) is 1. The summed E-state index contributed by atoms with van der Waals surface area (Å²) >= 11 is 0. The van der Waals surface area contributed by atoms with Crippen molar-refractivity contribution in [3.63, 3.8) is 0 Å². The summed E-state index contributed by atoms with van der Waals surface area (Å²) in [4.78, 5) is 0. The lowest BCUT2D eigenvalue weighted by molar-refractivity contribution is -0.136. The van der Waals surface area contributed by atoms with Crippen molar-refractivity contribution in [2.24, 2.45) is 11.3 Å². The van der Waals surface area contributed by atoms with E-state index in [0.717, 1.165) is 19.1 Å². The highest BCUT2D eigenvalue weighted by molar-refractivity contribution is 5.04. The third-order valence-corrected chi connectivity index (χ3v) is 5.39. The minimum absolute atomic E-state index is 0.369. The molecule has 2 aliphatic rings. The van der Waals surface area contributed by atoms with E-state index in [4.69, 9.17) is 4.74 Å². The van der Waals surface area contributed by atoms with Crippen molar-refractivity contribution in [3.05, 3.63) is 0 Å². The smallest absolute Gasteiger partial charge is 0.0658 e. The molecule has 3 unspecified atom stereocenters. The van der Waals surface area contributed by atoms with E-state index in [9.17, 15) is 0 Å². The van der Waals surface area contributed by atoms with E-state index in [1.807, 2.05) is 0 Å². The topological polar surface area (TPSA) is 21.3 Å². The normalized spacial score (nSPS) is 36.8. The highest BCUT2D eigenvalue weighted by Crippen LogP contribution is 2.46. The largest absolute Gasteiger partial charge is 0.377 e. The van der Waals surface area contributed by atoms with Crippen LogP contribution in [0, 0.1) is 11.3 Å². The standard InChI is InChI=1S/C16H31NO/c1-4-10-17-14-11-15(16(14,3)5-2)18-12-13-8-6-7-9-13/h13-15,17H,4-12H2,1-3H3. The molecule has 2 nitrogen and oxygen atoms in total. The summed E-state index contributed by atoms with van der Waals surface area (Å²) in [6, 6.07) is 0.677. The fourth-order valence-corrected chi connectivity index (χ4v) is 3.61. The van der Waals surface area contributed by atoms with E-state index < -0.39 is 0 Å². The molecule has 2 saturated carbocycles. The lowest BCUT2D eigenvalue weighted by atomic mass is 9.61. The molecule has 0 aromatic rings. The van der Waals surface area contributed by atoms with Crippen molar-refractivity contribution >= 4 is 0 Å². The summed E-state index contributed by atoms with van der Waals surface area (Å²) in [5.41, 5.74) is 0.369. The molecule has 3 atom stereocenters. The van der Waals surface area contributed by atoms with E-state index in [-0.39, 0.29) is 0 Å². The molecule has 1 N–H and O–H groups in total. The molecule has 0 saturated heterocycles. The summed E-state index contributed by atoms with van der Waals surface area (Å²) in [5, 5.41) is 3.69. The Morgan fingerprint density at radius 2 is 1.94 bits per heavy atom. The van der Waals surface area contributed by atoms with Gasteiger partial charge in [0.25, 0.3) is 0 Å². The SMILES string of the molecule is CCCNC1CC(OCC2CCCC2)C1(C)CC. The van der Waals surface area contributed by atoms with Gasteiger partial charge in [0.1, 0.15) is 0 Å². The molecular weight excluding hydrogens is 222 g/mol. The van der Waals surface area contributed by atoms with Gasteiger partial charge < -0.3 is 10.1 Å². The first-order valence-corrected chi connectivity index (χ1v) is 8.05. The van der Waals surface area contributed by atoms with Gasteiger partial charge in [-0.1, -0.05) is 33.6 Å². The minimum atomic E-state index is 0.369. The number of hydrogen-bond donors (Lipinski definition) is 1. The summed E-state index contributed by atoms with van der Waals surface area (Å²) < 4.78 is 6.24. The van der Waals surface area contributed by atoms with Crippen LogP contribution in [-0.2, 0) is 4.74 Å². The number of hydrogen-bond acceptors (Lipinski definition) is 2. The van der Waals surface area contributed by atoms with Crippen LogP contribution in [0.5, 0.6) is 0 Å². The van der Waals surface area contributed by atoms with Gasteiger partial charge in [-0.2, -0.15) is 0 Å². The van der Waals surface area contributed by atoms with E-state index in [0.29, 0.717) is 17.6 Å². The first-order valence-electron chi connectivity index (χ1n) is 8.05. The molecule has 2 heteroatoms. The molecular formula is C16H31NO. The molecule has 2 aliphatic carbocycles. The quantitative estimate of drug-likeness (QED) is 0.746. The lowest BCUT2D eigenvalue weighted by Gasteiger charge is -2.54. The molecule has 0 bridgehead atoms. The van der Waals surface area contributed by atoms with E-state index in [1.165, 1.54) is 44.9 Å². The summed E-state index contributed by atoms with van der Waals surface area (Å²) in [6.07, 6.45) is 9.80. The zero-order valence-electron chi connectivity index (χ0n) is 12.5. The van der Waals surface area contributed by atoms with Crippen LogP contribution in [0.3, 0.4) is 0 Å². The maximum absolute atomic E-state index is 6.24. The average molecular weight is 253 g/mol. The molecule has 0 amide bonds. The van der Waals surface area contributed by atoms with Crippen LogP contribution in [0.25, 0.3) is 0 Å². The van der Waals surface area contributed by atoms with Crippen LogP contribution in [0.4, 0.5) is 0 Å². The Kier molecular flexibility index (Phi) is 5.08. The Morgan fingerprint density at radius 1 is 1.22 bits per heavy atom. The van der Waals surface area contributed by atoms with Gasteiger partial charge >= 0.3 is 0 Å². The Bertz CT molecular complexity index is 249. The van der Waals surface area contributed by atoms with Gasteiger partial charge in [0.05, 0.1) is 6.10 Å². The molecule has 2 fully saturated rings. The highest BCUT2D eigenvalue weighted by atomic mass is 16.5. The van der Waals surface area contributed by atoms with Gasteiger partial charge in [-0.25, -0.2) is 0 Å². The molecule has 18 heavy (non-hydrogen) atoms. The third-order valence-electron chi connectivity index (χ3n) is 5.39. The van der Waals surface area contributed by atoms with Crippen molar-refractivity contribution in [1.82, 2.24) is 5.32 Å². The van der Waals surface area contributed by atoms with Gasteiger partial charge in [0, 0.05) is 18.1 Å². The molecule has 0 aromatic heterocycles. The molecule has 0 radical (unpaired) electrons. The van der Waals surface area contributed by atoms with Crippen LogP contribution in [-0.4, -0.2) is 25.3 Å². The maximum Gasteiger partial charge on any atom is 0.0658 e. The van der Waals surface area contributed by atoms with Crippen molar-refractivity contribution in [2.75, 3.05) is 13.2 Å². The van der Waals surface area contributed by atoms with Crippen LogP contribution >= 0.6 is 0 Å². The van der Waals surface area contributed by atoms with Crippen LogP contribution in [0.15, 0.2) is 0 Å². The maximum atomic E-state index is 6.24. The fourth-order valence-electron chi connectivity index (χ4n) is 3.61. The zero-order valence-corrected chi connectivity index (χ0v) is 12.5.